The molecule has 12 heavy (non-hydrogen) atoms. The molecule has 0 spiro atoms. The van der Waals surface area contributed by atoms with Crippen LogP contribution in [0.25, 0.3) is 23.2 Å². The topological polar surface area (TPSA) is 3.88 Å². The zero-order chi connectivity index (χ0) is 7.97. The number of benzene rings is 1. The summed E-state index contributed by atoms with van der Waals surface area (Å²) in [4.78, 5) is 0. The Morgan fingerprint density at radius 2 is 1.92 bits per heavy atom. The largest absolute Gasteiger partial charge is 0.225 e. The van der Waals surface area contributed by atoms with E-state index < -0.39 is 0 Å². The maximum Gasteiger partial charge on any atom is 0.225 e. The molecule has 1 nitrogen and oxygen atoms in total. The Bertz CT molecular complexity index is 443. The van der Waals surface area contributed by atoms with Crippen molar-refractivity contribution >= 4 is 23.2 Å². The Morgan fingerprint density at radius 3 is 2.92 bits per heavy atom. The lowest BCUT2D eigenvalue weighted by Gasteiger charge is -1.92. The molecule has 0 atom stereocenters. The third kappa shape index (κ3) is 0.607. The van der Waals surface area contributed by atoms with Gasteiger partial charge in [0.15, 0.2) is 12.4 Å². The van der Waals surface area contributed by atoms with Gasteiger partial charge in [-0.25, -0.2) is 0 Å². The van der Waals surface area contributed by atoms with Gasteiger partial charge in [-0.3, -0.25) is 0 Å². The molecule has 0 N–H and O–H groups in total. The molecule has 0 unspecified atom stereocenters. The maximum absolute atomic E-state index is 2.16. The number of hydrogen-bond acceptors (Lipinski definition) is 0. The fourth-order valence-electron chi connectivity index (χ4n) is 1.75. The predicted octanol–water partition coefficient (Wildman–Crippen LogP) is 2.07. The molecule has 0 aliphatic carbocycles. The molecule has 2 aromatic rings. The number of aromatic nitrogens is 1. The zero-order valence-electron chi connectivity index (χ0n) is 6.57. The number of hydrogen-bond donors (Lipinski definition) is 0. The minimum Gasteiger partial charge on any atom is -0.166 e. The third-order valence-electron chi connectivity index (χ3n) is 2.29. The van der Waals surface area contributed by atoms with Gasteiger partial charge in [-0.1, -0.05) is 6.07 Å². The van der Waals surface area contributed by atoms with Crippen LogP contribution in [0.2, 0.25) is 0 Å². The number of pyridine rings is 1. The molecular weight excluding hydrogens is 146 g/mol. The van der Waals surface area contributed by atoms with E-state index in [9.17, 15) is 0 Å². The fourth-order valence-corrected chi connectivity index (χ4v) is 1.75. The molecule has 0 fully saturated rings. The van der Waals surface area contributed by atoms with Crippen LogP contribution in [-0.2, 0) is 0 Å². The van der Waals surface area contributed by atoms with Gasteiger partial charge in [-0.15, -0.1) is 0 Å². The lowest BCUT2D eigenvalue weighted by atomic mass is 10.1. The molecule has 1 aromatic carbocycles. The normalized spacial score (nSPS) is 12.7. The molecule has 3 rings (SSSR count). The summed E-state index contributed by atoms with van der Waals surface area (Å²) in [5, 5.41) is 1.31. The monoisotopic (exact) mass is 154 g/mol. The molecule has 1 heteroatoms. The Morgan fingerprint density at radius 1 is 1.00 bits per heavy atom. The summed E-state index contributed by atoms with van der Waals surface area (Å²) in [5.41, 5.74) is 2.63. The number of para-hydroxylation sites is 1. The number of nitrogens with zero attached hydrogens (tertiary/aromatic N) is 1. The lowest BCUT2D eigenvalue weighted by Crippen LogP contribution is -2.23. The quantitative estimate of drug-likeness (QED) is 0.436. The van der Waals surface area contributed by atoms with E-state index in [0.29, 0.717) is 0 Å². The molecule has 2 heterocycles. The first kappa shape index (κ1) is 5.95. The first-order valence-electron chi connectivity index (χ1n) is 4.06. The van der Waals surface area contributed by atoms with Gasteiger partial charge in [0.05, 0.1) is 5.56 Å². The van der Waals surface area contributed by atoms with Crippen LogP contribution >= 0.6 is 0 Å². The molecule has 0 bridgehead atoms. The van der Waals surface area contributed by atoms with Crippen molar-refractivity contribution in [1.82, 2.24) is 0 Å². The van der Waals surface area contributed by atoms with Crippen LogP contribution in [0.5, 0.6) is 0 Å². The minimum atomic E-state index is 1.31. The Kier molecular flexibility index (Phi) is 0.965. The SMILES string of the molecule is C1=C[n+]2cccc3cccc1c32. The lowest BCUT2D eigenvalue weighted by molar-refractivity contribution is -0.535. The van der Waals surface area contributed by atoms with E-state index in [0.717, 1.165) is 0 Å². The Hall–Kier alpha value is -1.63. The highest BCUT2D eigenvalue weighted by Crippen LogP contribution is 2.19. The molecule has 1 aromatic heterocycles. The Balaban J connectivity index is 2.64. The van der Waals surface area contributed by atoms with Gasteiger partial charge in [-0.05, 0) is 18.2 Å². The van der Waals surface area contributed by atoms with E-state index in [1.807, 2.05) is 0 Å². The van der Waals surface area contributed by atoms with Crippen molar-refractivity contribution in [2.75, 3.05) is 0 Å². The predicted molar refractivity (Wildman–Crippen MR) is 49.4 cm³/mol. The summed E-state index contributed by atoms with van der Waals surface area (Å²) in [6, 6.07) is 10.6. The average Bonchev–Trinajstić information content (AvgIpc) is 2.52. The van der Waals surface area contributed by atoms with E-state index in [1.54, 1.807) is 0 Å². The van der Waals surface area contributed by atoms with E-state index in [-0.39, 0.29) is 0 Å². The van der Waals surface area contributed by atoms with Crippen LogP contribution in [0.3, 0.4) is 0 Å². The molecule has 56 valence electrons. The first-order valence-corrected chi connectivity index (χ1v) is 4.06. The number of rotatable bonds is 0. The molecule has 0 radical (unpaired) electrons. The molecule has 0 saturated heterocycles. The fraction of sp³-hybridized carbons (Fsp3) is 0. The molecular formula is C11H8N+. The zero-order valence-corrected chi connectivity index (χ0v) is 6.57. The van der Waals surface area contributed by atoms with Crippen molar-refractivity contribution in [3.8, 4) is 0 Å². The van der Waals surface area contributed by atoms with Gasteiger partial charge < -0.3 is 0 Å². The van der Waals surface area contributed by atoms with Crippen molar-refractivity contribution in [2.45, 2.75) is 0 Å². The average molecular weight is 154 g/mol. The summed E-state index contributed by atoms with van der Waals surface area (Å²) in [6.07, 6.45) is 6.31. The summed E-state index contributed by atoms with van der Waals surface area (Å²) >= 11 is 0. The van der Waals surface area contributed by atoms with Crippen LogP contribution in [0.15, 0.2) is 36.5 Å². The van der Waals surface area contributed by atoms with E-state index in [4.69, 9.17) is 0 Å². The van der Waals surface area contributed by atoms with Crippen molar-refractivity contribution in [2.24, 2.45) is 0 Å². The molecule has 1 aliphatic heterocycles. The van der Waals surface area contributed by atoms with Crippen molar-refractivity contribution in [3.63, 3.8) is 0 Å². The second kappa shape index (κ2) is 1.95. The highest BCUT2D eigenvalue weighted by Gasteiger charge is 2.14. The second-order valence-electron chi connectivity index (χ2n) is 3.02. The second-order valence-corrected chi connectivity index (χ2v) is 3.02. The van der Waals surface area contributed by atoms with Gasteiger partial charge in [-0.2, -0.15) is 4.57 Å². The molecule has 0 saturated carbocycles. The standard InChI is InChI=1S/C11H8N/c1-3-9-5-2-7-12-8-6-10(4-1)11(9)12/h1-8H/q+1. The summed E-state index contributed by atoms with van der Waals surface area (Å²) in [5.74, 6) is 0. The first-order chi connectivity index (χ1) is 5.95. The van der Waals surface area contributed by atoms with Crippen molar-refractivity contribution in [1.29, 1.82) is 0 Å². The highest BCUT2D eigenvalue weighted by atomic mass is 14.9. The van der Waals surface area contributed by atoms with E-state index in [2.05, 4.69) is 53.4 Å². The summed E-state index contributed by atoms with van der Waals surface area (Å²) in [6.45, 7) is 0. The summed E-state index contributed by atoms with van der Waals surface area (Å²) < 4.78 is 2.16. The van der Waals surface area contributed by atoms with Gasteiger partial charge in [0.25, 0.3) is 0 Å². The van der Waals surface area contributed by atoms with E-state index >= 15 is 0 Å². The van der Waals surface area contributed by atoms with Gasteiger partial charge in [0.1, 0.15) is 0 Å². The van der Waals surface area contributed by atoms with Crippen LogP contribution in [-0.4, -0.2) is 0 Å². The van der Waals surface area contributed by atoms with Gasteiger partial charge >= 0.3 is 0 Å². The van der Waals surface area contributed by atoms with Gasteiger partial charge in [0, 0.05) is 17.5 Å². The smallest absolute Gasteiger partial charge is 0.166 e. The van der Waals surface area contributed by atoms with Crippen LogP contribution in [0, 0.1) is 0 Å². The third-order valence-corrected chi connectivity index (χ3v) is 2.29. The molecule has 0 amide bonds. The van der Waals surface area contributed by atoms with Crippen LogP contribution in [0.4, 0.5) is 0 Å². The minimum absolute atomic E-state index is 1.31. The Labute approximate surface area is 70.6 Å². The highest BCUT2D eigenvalue weighted by molar-refractivity contribution is 5.88. The molecule has 1 aliphatic rings. The van der Waals surface area contributed by atoms with Crippen LogP contribution in [0.1, 0.15) is 5.56 Å². The van der Waals surface area contributed by atoms with Crippen molar-refractivity contribution < 1.29 is 4.57 Å². The van der Waals surface area contributed by atoms with E-state index in [1.165, 1.54) is 16.5 Å². The maximum atomic E-state index is 2.16. The van der Waals surface area contributed by atoms with Crippen molar-refractivity contribution in [3.05, 3.63) is 42.1 Å². The van der Waals surface area contributed by atoms with Gasteiger partial charge in [0.2, 0.25) is 5.52 Å². The van der Waals surface area contributed by atoms with Crippen LogP contribution < -0.4 is 4.57 Å². The summed E-state index contributed by atoms with van der Waals surface area (Å²) in [7, 11) is 0.